The fourth-order valence-electron chi connectivity index (χ4n) is 2.49. The lowest BCUT2D eigenvalue weighted by molar-refractivity contribution is -0.488. The van der Waals surface area contributed by atoms with Gasteiger partial charge in [-0.2, -0.15) is 149 Å². The molecule has 0 aromatic heterocycles. The summed E-state index contributed by atoms with van der Waals surface area (Å²) in [6, 6.07) is 0. The van der Waals surface area contributed by atoms with Crippen molar-refractivity contribution in [3.63, 3.8) is 0 Å². The van der Waals surface area contributed by atoms with E-state index in [1.807, 2.05) is 0 Å². The van der Waals surface area contributed by atoms with E-state index in [1.165, 1.54) is 0 Å². The van der Waals surface area contributed by atoms with Crippen molar-refractivity contribution in [3.8, 4) is 0 Å². The maximum atomic E-state index is 14.0. The number of carbonyl (C=O) groups is 2. The summed E-state index contributed by atoms with van der Waals surface area (Å²) in [4.78, 5) is 22.2. The van der Waals surface area contributed by atoms with Gasteiger partial charge in [0.2, 0.25) is 0 Å². The van der Waals surface area contributed by atoms with Crippen LogP contribution in [-0.4, -0.2) is 108 Å². The predicted octanol–water partition coefficient (Wildman–Crippen LogP) is 9.87. The zero-order chi connectivity index (χ0) is 48.0. The van der Waals surface area contributed by atoms with Crippen LogP contribution in [0.15, 0.2) is 0 Å². The van der Waals surface area contributed by atoms with Crippen LogP contribution in [0.25, 0.3) is 0 Å². The third kappa shape index (κ3) is 8.30. The van der Waals surface area contributed by atoms with Crippen molar-refractivity contribution in [1.82, 2.24) is 0 Å². The molecular formula is C18F34O6. The lowest BCUT2D eigenvalue weighted by Crippen LogP contribution is -2.72. The molecule has 0 saturated carbocycles. The zero-order valence-corrected chi connectivity index (χ0v) is 24.3. The highest BCUT2D eigenvalue weighted by molar-refractivity contribution is 5.79. The van der Waals surface area contributed by atoms with Gasteiger partial charge in [0.25, 0.3) is 0 Å². The molecule has 0 aromatic rings. The summed E-state index contributed by atoms with van der Waals surface area (Å²) in [6.07, 6.45) is -67.1. The molecule has 0 spiro atoms. The highest BCUT2D eigenvalue weighted by Gasteiger charge is 2.93. The Hall–Kier alpha value is -3.52. The fourth-order valence-corrected chi connectivity index (χ4v) is 2.49. The third-order valence-electron chi connectivity index (χ3n) is 5.59. The van der Waals surface area contributed by atoms with Crippen LogP contribution in [0.1, 0.15) is 0 Å². The maximum Gasteiger partial charge on any atom is 0.473 e. The number of hydrogen-bond acceptors (Lipinski definition) is 6. The van der Waals surface area contributed by atoms with E-state index < -0.39 is 108 Å². The van der Waals surface area contributed by atoms with Gasteiger partial charge >= 0.3 is 108 Å². The highest BCUT2D eigenvalue weighted by atomic mass is 19.5. The molecule has 0 N–H and O–H groups in total. The van der Waals surface area contributed by atoms with Crippen LogP contribution in [0, 0.1) is 0 Å². The summed E-state index contributed by atoms with van der Waals surface area (Å²) in [5, 5.41) is 0. The van der Waals surface area contributed by atoms with Crippen LogP contribution in [0.4, 0.5) is 149 Å². The molecule has 2 atom stereocenters. The molecule has 0 bridgehead atoms. The first-order valence-corrected chi connectivity index (χ1v) is 11.7. The van der Waals surface area contributed by atoms with Crippen molar-refractivity contribution < 1.29 is 178 Å². The van der Waals surface area contributed by atoms with Gasteiger partial charge in [0, 0.05) is 0 Å². The van der Waals surface area contributed by atoms with Gasteiger partial charge < -0.3 is 9.47 Å². The van der Waals surface area contributed by atoms with Crippen LogP contribution >= 0.6 is 0 Å². The molecule has 346 valence electrons. The average molecular weight is 958 g/mol. The van der Waals surface area contributed by atoms with E-state index in [0.717, 1.165) is 18.9 Å². The number of hydrogen-bond donors (Lipinski definition) is 0. The van der Waals surface area contributed by atoms with E-state index in [2.05, 4.69) is 0 Å². The van der Waals surface area contributed by atoms with E-state index in [9.17, 15) is 159 Å². The zero-order valence-electron chi connectivity index (χ0n) is 24.3. The average Bonchev–Trinajstić information content (AvgIpc) is 2.92. The van der Waals surface area contributed by atoms with E-state index >= 15 is 0 Å². The lowest BCUT2D eigenvalue weighted by Gasteiger charge is -2.41. The number of rotatable bonds is 15. The first-order valence-electron chi connectivity index (χ1n) is 11.7. The molecule has 0 aromatic carbocycles. The van der Waals surface area contributed by atoms with E-state index in [-0.39, 0.29) is 0 Å². The Morgan fingerprint density at radius 2 is 0.431 bits per heavy atom. The Labute approximate surface area is 287 Å². The summed E-state index contributed by atoms with van der Waals surface area (Å²) in [6.45, 7) is 0. The number of halogens is 34. The van der Waals surface area contributed by atoms with Crippen LogP contribution in [0.3, 0.4) is 0 Å². The number of esters is 2. The first-order chi connectivity index (χ1) is 24.4. The quantitative estimate of drug-likeness (QED) is 0.120. The van der Waals surface area contributed by atoms with Gasteiger partial charge in [-0.15, -0.1) is 0 Å². The Balaban J connectivity index is 7.23. The molecule has 0 radical (unpaired) electrons. The maximum absolute atomic E-state index is 14.0. The first kappa shape index (κ1) is 54.5. The van der Waals surface area contributed by atoms with E-state index in [1.54, 1.807) is 0 Å². The van der Waals surface area contributed by atoms with Crippen LogP contribution in [-0.2, 0) is 28.5 Å². The number of ether oxygens (including phenoxy) is 4. The van der Waals surface area contributed by atoms with Crippen molar-refractivity contribution in [2.45, 2.75) is 96.4 Å². The summed E-state index contributed by atoms with van der Waals surface area (Å²) < 4.78 is 451. The molecule has 58 heavy (non-hydrogen) atoms. The standard InChI is InChI=1S/C18F34O6/c19-3(11(33,34)35,57-17(49,50)9(29,30)13(39,40)41)1(53)55-15(45,46)7(25,26)5(21,22)6(23,24)8(27,28)16(47,48)56-2(54)4(20,12(36,37)38)58-18(51,52)10(31,32)14(42,43)44. The molecule has 2 unspecified atom stereocenters. The molecule has 0 amide bonds. The van der Waals surface area contributed by atoms with Gasteiger partial charge in [-0.1, -0.05) is 0 Å². The second kappa shape index (κ2) is 14.0. The Morgan fingerprint density at radius 3 is 0.586 bits per heavy atom. The van der Waals surface area contributed by atoms with Crippen molar-refractivity contribution in [2.75, 3.05) is 0 Å². The Morgan fingerprint density at radius 1 is 0.241 bits per heavy atom. The van der Waals surface area contributed by atoms with Gasteiger partial charge in [-0.3, -0.25) is 9.47 Å². The molecule has 0 saturated heterocycles. The largest absolute Gasteiger partial charge is 0.473 e. The van der Waals surface area contributed by atoms with E-state index in [4.69, 9.17) is 0 Å². The predicted molar refractivity (Wildman–Crippen MR) is 95.7 cm³/mol. The minimum Gasteiger partial charge on any atom is -0.391 e. The monoisotopic (exact) mass is 958 g/mol. The van der Waals surface area contributed by atoms with Crippen molar-refractivity contribution in [2.24, 2.45) is 0 Å². The summed E-state index contributed by atoms with van der Waals surface area (Å²) in [5.74, 6) is -82.9. The minimum atomic E-state index is -9.64. The molecule has 0 rings (SSSR count). The topological polar surface area (TPSA) is 71.1 Å². The smallest absolute Gasteiger partial charge is 0.391 e. The van der Waals surface area contributed by atoms with Gasteiger partial charge in [0.1, 0.15) is 0 Å². The van der Waals surface area contributed by atoms with Gasteiger partial charge in [-0.25, -0.2) is 9.59 Å². The van der Waals surface area contributed by atoms with Crippen LogP contribution < -0.4 is 0 Å². The lowest BCUT2D eigenvalue weighted by atomic mass is 9.97. The molecule has 0 aliphatic rings. The minimum absolute atomic E-state index is 1.09. The molecule has 0 fully saturated rings. The molecule has 0 aliphatic carbocycles. The normalized spacial score (nSPS) is 18.0. The van der Waals surface area contributed by atoms with Gasteiger partial charge in [0.15, 0.2) is 0 Å². The highest BCUT2D eigenvalue weighted by Crippen LogP contribution is 2.62. The number of carbonyl (C=O) groups excluding carboxylic acids is 2. The fraction of sp³-hybridized carbons (Fsp3) is 0.889. The Bertz CT molecular complexity index is 1400. The molecule has 40 heteroatoms. The summed E-state index contributed by atoms with van der Waals surface area (Å²) >= 11 is 0. The van der Waals surface area contributed by atoms with Gasteiger partial charge in [0.05, 0.1) is 0 Å². The van der Waals surface area contributed by atoms with Crippen molar-refractivity contribution in [3.05, 3.63) is 0 Å². The Kier molecular flexibility index (Phi) is 13.2. The van der Waals surface area contributed by atoms with E-state index in [0.29, 0.717) is 0 Å². The molecular weight excluding hydrogens is 958 g/mol. The van der Waals surface area contributed by atoms with Crippen LogP contribution in [0.5, 0.6) is 0 Å². The molecule has 0 heterocycles. The third-order valence-corrected chi connectivity index (χ3v) is 5.59. The number of alkyl halides is 34. The van der Waals surface area contributed by atoms with Crippen molar-refractivity contribution in [1.29, 1.82) is 0 Å². The second-order valence-electron chi connectivity index (χ2n) is 9.68. The molecule has 0 aliphatic heterocycles. The molecule has 6 nitrogen and oxygen atoms in total. The SMILES string of the molecule is O=C(OC(F)(F)C(F)(F)C(F)(F)C(F)(F)C(F)(F)C(F)(F)OC(=O)C(F)(OC(F)(F)C(F)(F)C(F)(F)F)C(F)(F)F)C(F)(OC(F)(F)C(F)(F)C(F)(F)F)C(F)(F)F. The van der Waals surface area contributed by atoms with Crippen molar-refractivity contribution >= 4 is 11.9 Å². The van der Waals surface area contributed by atoms with Gasteiger partial charge in [-0.05, 0) is 0 Å². The van der Waals surface area contributed by atoms with Crippen LogP contribution in [0.2, 0.25) is 0 Å². The second-order valence-corrected chi connectivity index (χ2v) is 9.68. The summed E-state index contributed by atoms with van der Waals surface area (Å²) in [5.41, 5.74) is 0. The summed E-state index contributed by atoms with van der Waals surface area (Å²) in [7, 11) is 0.